The number of nitrogens with zero attached hydrogens (tertiary/aromatic N) is 2. The lowest BCUT2D eigenvalue weighted by Crippen LogP contribution is -2.02. The van der Waals surface area contributed by atoms with Crippen LogP contribution >= 0.6 is 0 Å². The third kappa shape index (κ3) is 1.84. The zero-order valence-corrected chi connectivity index (χ0v) is 8.60. The second-order valence-electron chi connectivity index (χ2n) is 3.23. The highest BCUT2D eigenvalue weighted by Gasteiger charge is 2.06. The standard InChI is InChI=1S/C12H8N2O2/c1-8(15)16-11-4-2-3-9-5-6-10(7-13)14-12(9)11/h2-6H,1H3. The summed E-state index contributed by atoms with van der Waals surface area (Å²) >= 11 is 0. The van der Waals surface area contributed by atoms with E-state index < -0.39 is 5.97 Å². The molecule has 0 atom stereocenters. The van der Waals surface area contributed by atoms with Gasteiger partial charge in [0.1, 0.15) is 17.3 Å². The molecule has 78 valence electrons. The fraction of sp³-hybridized carbons (Fsp3) is 0.0833. The average Bonchev–Trinajstić information content (AvgIpc) is 2.28. The van der Waals surface area contributed by atoms with Crippen molar-refractivity contribution in [2.45, 2.75) is 6.92 Å². The van der Waals surface area contributed by atoms with Crippen LogP contribution in [0.3, 0.4) is 0 Å². The lowest BCUT2D eigenvalue weighted by Gasteiger charge is -2.04. The summed E-state index contributed by atoms with van der Waals surface area (Å²) in [7, 11) is 0. The van der Waals surface area contributed by atoms with Crippen LogP contribution in [-0.2, 0) is 4.79 Å². The molecule has 0 radical (unpaired) electrons. The Balaban J connectivity index is 2.65. The molecule has 0 fully saturated rings. The summed E-state index contributed by atoms with van der Waals surface area (Å²) in [5.41, 5.74) is 0.823. The Labute approximate surface area is 92.1 Å². The van der Waals surface area contributed by atoms with Crippen LogP contribution in [0.4, 0.5) is 0 Å². The van der Waals surface area contributed by atoms with Crippen LogP contribution in [0.1, 0.15) is 12.6 Å². The minimum absolute atomic E-state index is 0.298. The van der Waals surface area contributed by atoms with Gasteiger partial charge < -0.3 is 4.74 Å². The molecule has 0 N–H and O–H groups in total. The van der Waals surface area contributed by atoms with Gasteiger partial charge in [-0.3, -0.25) is 4.79 Å². The molecule has 1 heterocycles. The number of ether oxygens (including phenoxy) is 1. The molecule has 16 heavy (non-hydrogen) atoms. The first-order valence-corrected chi connectivity index (χ1v) is 4.69. The van der Waals surface area contributed by atoms with Gasteiger partial charge in [0.25, 0.3) is 0 Å². The van der Waals surface area contributed by atoms with Crippen molar-refractivity contribution in [3.63, 3.8) is 0 Å². The largest absolute Gasteiger partial charge is 0.424 e. The Morgan fingerprint density at radius 2 is 2.19 bits per heavy atom. The average molecular weight is 212 g/mol. The highest BCUT2D eigenvalue weighted by molar-refractivity contribution is 5.87. The van der Waals surface area contributed by atoms with E-state index in [9.17, 15) is 4.79 Å². The van der Waals surface area contributed by atoms with E-state index in [1.54, 1.807) is 24.3 Å². The third-order valence-corrected chi connectivity index (χ3v) is 2.05. The number of carbonyl (C=O) groups excluding carboxylic acids is 1. The maximum absolute atomic E-state index is 10.9. The molecular weight excluding hydrogens is 204 g/mol. The van der Waals surface area contributed by atoms with Crippen LogP contribution in [0, 0.1) is 11.3 Å². The molecule has 2 aromatic rings. The number of para-hydroxylation sites is 1. The van der Waals surface area contributed by atoms with Crippen LogP contribution in [0.5, 0.6) is 5.75 Å². The van der Waals surface area contributed by atoms with Crippen LogP contribution < -0.4 is 4.74 Å². The molecule has 0 amide bonds. The lowest BCUT2D eigenvalue weighted by molar-refractivity contribution is -0.131. The molecule has 0 aliphatic carbocycles. The van der Waals surface area contributed by atoms with E-state index in [2.05, 4.69) is 4.98 Å². The number of pyridine rings is 1. The summed E-state index contributed by atoms with van der Waals surface area (Å²) in [5.74, 6) is -0.0289. The number of rotatable bonds is 1. The SMILES string of the molecule is CC(=O)Oc1cccc2ccc(C#N)nc12. The summed E-state index contributed by atoms with van der Waals surface area (Å²) < 4.78 is 5.02. The van der Waals surface area contributed by atoms with Crippen LogP contribution in [0.2, 0.25) is 0 Å². The first-order valence-electron chi connectivity index (χ1n) is 4.69. The maximum Gasteiger partial charge on any atom is 0.308 e. The molecule has 0 aliphatic rings. The summed E-state index contributed by atoms with van der Waals surface area (Å²) in [5, 5.41) is 9.58. The van der Waals surface area contributed by atoms with Crippen molar-refractivity contribution in [3.05, 3.63) is 36.0 Å². The van der Waals surface area contributed by atoms with Gasteiger partial charge in [0.05, 0.1) is 0 Å². The van der Waals surface area contributed by atoms with Gasteiger partial charge in [-0.05, 0) is 18.2 Å². The van der Waals surface area contributed by atoms with Gasteiger partial charge in [-0.2, -0.15) is 5.26 Å². The highest BCUT2D eigenvalue weighted by atomic mass is 16.5. The molecule has 0 aliphatic heterocycles. The van der Waals surface area contributed by atoms with E-state index in [4.69, 9.17) is 10.00 Å². The number of benzene rings is 1. The number of carbonyl (C=O) groups is 1. The maximum atomic E-state index is 10.9. The fourth-order valence-corrected chi connectivity index (χ4v) is 1.42. The number of esters is 1. The molecule has 1 aromatic carbocycles. The lowest BCUT2D eigenvalue weighted by atomic mass is 10.2. The Bertz CT molecular complexity index is 599. The Morgan fingerprint density at radius 1 is 1.38 bits per heavy atom. The molecule has 0 saturated heterocycles. The molecule has 4 heteroatoms. The van der Waals surface area contributed by atoms with Gasteiger partial charge >= 0.3 is 5.97 Å². The van der Waals surface area contributed by atoms with Gasteiger partial charge in [0.2, 0.25) is 0 Å². The fourth-order valence-electron chi connectivity index (χ4n) is 1.42. The molecule has 1 aromatic heterocycles. The molecular formula is C12H8N2O2. The normalized spacial score (nSPS) is 9.75. The second-order valence-corrected chi connectivity index (χ2v) is 3.23. The predicted molar refractivity (Wildman–Crippen MR) is 57.8 cm³/mol. The smallest absolute Gasteiger partial charge is 0.308 e. The van der Waals surface area contributed by atoms with Crippen molar-refractivity contribution in [2.24, 2.45) is 0 Å². The second kappa shape index (κ2) is 3.99. The zero-order valence-electron chi connectivity index (χ0n) is 8.60. The van der Waals surface area contributed by atoms with E-state index in [0.717, 1.165) is 5.39 Å². The molecule has 4 nitrogen and oxygen atoms in total. The Kier molecular flexibility index (Phi) is 2.52. The monoisotopic (exact) mass is 212 g/mol. The summed E-state index contributed by atoms with van der Waals surface area (Å²) in [6, 6.07) is 10.6. The van der Waals surface area contributed by atoms with E-state index in [1.807, 2.05) is 12.1 Å². The highest BCUT2D eigenvalue weighted by Crippen LogP contribution is 2.23. The van der Waals surface area contributed by atoms with Crippen molar-refractivity contribution in [1.29, 1.82) is 5.26 Å². The quantitative estimate of drug-likeness (QED) is 0.536. The summed E-state index contributed by atoms with van der Waals surface area (Å²) in [6.45, 7) is 1.33. The minimum atomic E-state index is -0.406. The van der Waals surface area contributed by atoms with Crippen LogP contribution in [0.25, 0.3) is 10.9 Å². The van der Waals surface area contributed by atoms with Crippen molar-refractivity contribution in [3.8, 4) is 11.8 Å². The molecule has 0 bridgehead atoms. The number of nitriles is 1. The van der Waals surface area contributed by atoms with Gasteiger partial charge in [0.15, 0.2) is 5.75 Å². The van der Waals surface area contributed by atoms with Crippen molar-refractivity contribution >= 4 is 16.9 Å². The number of hydrogen-bond acceptors (Lipinski definition) is 4. The van der Waals surface area contributed by atoms with Crippen molar-refractivity contribution in [1.82, 2.24) is 4.98 Å². The number of hydrogen-bond donors (Lipinski definition) is 0. The van der Waals surface area contributed by atoms with E-state index >= 15 is 0 Å². The molecule has 2 rings (SSSR count). The Hall–Kier alpha value is -2.41. The molecule has 0 spiro atoms. The van der Waals surface area contributed by atoms with E-state index in [1.165, 1.54) is 6.92 Å². The summed E-state index contributed by atoms with van der Waals surface area (Å²) in [4.78, 5) is 15.0. The number of aromatic nitrogens is 1. The first-order chi connectivity index (χ1) is 7.70. The number of fused-ring (bicyclic) bond motifs is 1. The minimum Gasteiger partial charge on any atom is -0.424 e. The van der Waals surface area contributed by atoms with Gasteiger partial charge in [-0.15, -0.1) is 0 Å². The summed E-state index contributed by atoms with van der Waals surface area (Å²) in [6.07, 6.45) is 0. The molecule has 0 saturated carbocycles. The van der Waals surface area contributed by atoms with Gasteiger partial charge in [0, 0.05) is 12.3 Å². The van der Waals surface area contributed by atoms with Crippen molar-refractivity contribution < 1.29 is 9.53 Å². The third-order valence-electron chi connectivity index (χ3n) is 2.05. The van der Waals surface area contributed by atoms with Gasteiger partial charge in [-0.25, -0.2) is 4.98 Å². The predicted octanol–water partition coefficient (Wildman–Crippen LogP) is 2.03. The molecule has 0 unspecified atom stereocenters. The van der Waals surface area contributed by atoms with Crippen molar-refractivity contribution in [2.75, 3.05) is 0 Å². The zero-order chi connectivity index (χ0) is 11.5. The van der Waals surface area contributed by atoms with Crippen LogP contribution in [-0.4, -0.2) is 11.0 Å². The Morgan fingerprint density at radius 3 is 2.88 bits per heavy atom. The van der Waals surface area contributed by atoms with Gasteiger partial charge in [-0.1, -0.05) is 12.1 Å². The first kappa shape index (κ1) is 10.1. The van der Waals surface area contributed by atoms with E-state index in [-0.39, 0.29) is 0 Å². The topological polar surface area (TPSA) is 63.0 Å². The van der Waals surface area contributed by atoms with E-state index in [0.29, 0.717) is 17.0 Å². The van der Waals surface area contributed by atoms with Crippen LogP contribution in [0.15, 0.2) is 30.3 Å².